The molecule has 0 saturated carbocycles. The van der Waals surface area contributed by atoms with E-state index < -0.39 is 47.3 Å². The van der Waals surface area contributed by atoms with Gasteiger partial charge in [0.25, 0.3) is 11.8 Å². The van der Waals surface area contributed by atoms with Gasteiger partial charge in [-0.2, -0.15) is 13.2 Å². The molecule has 4 rings (SSSR count). The Balaban J connectivity index is 1.68. The van der Waals surface area contributed by atoms with Crippen molar-refractivity contribution in [1.29, 1.82) is 0 Å². The maximum Gasteiger partial charge on any atom is 0.424 e. The Morgan fingerprint density at radius 3 is 2.48 bits per heavy atom. The summed E-state index contributed by atoms with van der Waals surface area (Å²) in [5.41, 5.74) is 0.974. The average Bonchev–Trinajstić information content (AvgIpc) is 3.40. The van der Waals surface area contributed by atoms with Crippen LogP contribution in [0.15, 0.2) is 48.5 Å². The van der Waals surface area contributed by atoms with Crippen LogP contribution >= 0.6 is 11.6 Å². The number of rotatable bonds is 10. The number of nitrogens with one attached hydrogen (secondary N) is 2. The number of halogens is 5. The van der Waals surface area contributed by atoms with Gasteiger partial charge in [0.05, 0.1) is 30.1 Å². The highest BCUT2D eigenvalue weighted by Crippen LogP contribution is 2.40. The summed E-state index contributed by atoms with van der Waals surface area (Å²) in [4.78, 5) is 29.0. The number of carbonyl (C=O) groups excluding carboxylic acids is 2. The number of benzene rings is 2. The van der Waals surface area contributed by atoms with E-state index in [0.717, 1.165) is 12.1 Å². The zero-order valence-electron chi connectivity index (χ0n) is 24.0. The van der Waals surface area contributed by atoms with Gasteiger partial charge in [0.1, 0.15) is 5.82 Å². The molecule has 2 aromatic carbocycles. The molecule has 5 N–H and O–H groups in total. The largest absolute Gasteiger partial charge is 0.493 e. The van der Waals surface area contributed by atoms with E-state index in [1.165, 1.54) is 43.5 Å². The van der Waals surface area contributed by atoms with Crippen molar-refractivity contribution < 1.29 is 41.7 Å². The van der Waals surface area contributed by atoms with Crippen LogP contribution in [-0.4, -0.2) is 60.9 Å². The van der Waals surface area contributed by atoms with Crippen LogP contribution in [0.25, 0.3) is 11.3 Å². The Bertz CT molecular complexity index is 1570. The van der Waals surface area contributed by atoms with Crippen LogP contribution in [0.3, 0.4) is 0 Å². The zero-order chi connectivity index (χ0) is 32.4. The molecule has 2 heterocycles. The second-order valence-electron chi connectivity index (χ2n) is 10.9. The number of amides is 2. The predicted molar refractivity (Wildman–Crippen MR) is 154 cm³/mol. The fourth-order valence-corrected chi connectivity index (χ4v) is 4.62. The third-order valence-corrected chi connectivity index (χ3v) is 7.71. The maximum atomic E-state index is 14.6. The fourth-order valence-electron chi connectivity index (χ4n) is 4.44. The minimum absolute atomic E-state index is 0.0220. The summed E-state index contributed by atoms with van der Waals surface area (Å²) in [5.74, 6) is -1.76. The number of hydrogen-bond donors (Lipinski definition) is 4. The Morgan fingerprint density at radius 2 is 1.89 bits per heavy atom. The van der Waals surface area contributed by atoms with Crippen molar-refractivity contribution in [3.63, 3.8) is 0 Å². The van der Waals surface area contributed by atoms with Gasteiger partial charge < -0.3 is 30.9 Å². The SMILES string of the molecule is COc1cc(C(=O)NCC(O)(c2cc(C(C)(C)CN)cc(-c3ccc(F)c(Cl)c3)n2)C(F)(F)F)ccc1OC1CCNC1=O. The van der Waals surface area contributed by atoms with E-state index in [1.54, 1.807) is 13.8 Å². The lowest BCUT2D eigenvalue weighted by molar-refractivity contribution is -0.265. The molecular weight excluding hydrogens is 608 g/mol. The summed E-state index contributed by atoms with van der Waals surface area (Å²) in [5, 5.41) is 15.7. The molecule has 1 aliphatic rings. The van der Waals surface area contributed by atoms with Gasteiger partial charge in [-0.1, -0.05) is 25.4 Å². The Hall–Kier alpha value is -3.94. The number of nitrogens with two attached hydrogens (primary N) is 1. The highest BCUT2D eigenvalue weighted by atomic mass is 35.5. The number of nitrogens with zero attached hydrogens (tertiary/aromatic N) is 1. The Kier molecular flexibility index (Phi) is 9.43. The highest BCUT2D eigenvalue weighted by Gasteiger charge is 2.56. The number of pyridine rings is 1. The van der Waals surface area contributed by atoms with Crippen LogP contribution < -0.4 is 25.8 Å². The molecule has 1 fully saturated rings. The van der Waals surface area contributed by atoms with Gasteiger partial charge in [-0.3, -0.25) is 9.59 Å². The molecular formula is C30H31ClF4N4O5. The Morgan fingerprint density at radius 1 is 1.16 bits per heavy atom. The molecule has 0 aliphatic carbocycles. The first-order chi connectivity index (χ1) is 20.6. The van der Waals surface area contributed by atoms with Gasteiger partial charge in [0.15, 0.2) is 17.6 Å². The van der Waals surface area contributed by atoms with E-state index in [9.17, 15) is 32.3 Å². The lowest BCUT2D eigenvalue weighted by Gasteiger charge is -2.32. The minimum atomic E-state index is -5.30. The van der Waals surface area contributed by atoms with Crippen LogP contribution in [-0.2, 0) is 15.8 Å². The summed E-state index contributed by atoms with van der Waals surface area (Å²) in [7, 11) is 1.30. The first-order valence-corrected chi connectivity index (χ1v) is 13.9. The summed E-state index contributed by atoms with van der Waals surface area (Å²) in [6.07, 6.45) is -5.63. The first-order valence-electron chi connectivity index (χ1n) is 13.5. The minimum Gasteiger partial charge on any atom is -0.493 e. The summed E-state index contributed by atoms with van der Waals surface area (Å²) in [6.45, 7) is 2.56. The molecule has 2 atom stereocenters. The van der Waals surface area contributed by atoms with Crippen LogP contribution in [0.1, 0.15) is 41.9 Å². The van der Waals surface area contributed by atoms with E-state index in [1.807, 2.05) is 0 Å². The predicted octanol–water partition coefficient (Wildman–Crippen LogP) is 4.23. The van der Waals surface area contributed by atoms with Crippen LogP contribution in [0.2, 0.25) is 5.02 Å². The molecule has 1 aromatic heterocycles. The summed E-state index contributed by atoms with van der Waals surface area (Å²) >= 11 is 5.91. The second kappa shape index (κ2) is 12.6. The molecule has 0 bridgehead atoms. The molecule has 14 heteroatoms. The standard InChI is InChI=1S/C30H31ClF4N4O5/c1-28(2,14-36)18-12-21(16-4-6-20(32)19(31)10-16)39-25(13-18)29(42,30(33,34)35)15-38-26(40)17-5-7-22(24(11-17)43-3)44-23-8-9-37-27(23)41/h4-7,10-13,23,42H,8-9,14-15,36H2,1-3H3,(H,37,41)(H,38,40). The van der Waals surface area contributed by atoms with Gasteiger partial charge in [0, 0.05) is 36.1 Å². The third kappa shape index (κ3) is 6.74. The van der Waals surface area contributed by atoms with Crippen molar-refractivity contribution in [2.75, 3.05) is 26.7 Å². The normalized spacial score (nSPS) is 16.7. The number of aliphatic hydroxyl groups is 1. The lowest BCUT2D eigenvalue weighted by atomic mass is 9.82. The monoisotopic (exact) mass is 638 g/mol. The fraction of sp³-hybridized carbons (Fsp3) is 0.367. The lowest BCUT2D eigenvalue weighted by Crippen LogP contribution is -2.51. The Labute approximate surface area is 255 Å². The van der Waals surface area contributed by atoms with E-state index >= 15 is 0 Å². The van der Waals surface area contributed by atoms with Gasteiger partial charge in [-0.05, 0) is 54.1 Å². The molecule has 3 aromatic rings. The van der Waals surface area contributed by atoms with Crippen molar-refractivity contribution in [3.05, 3.63) is 76.2 Å². The maximum absolute atomic E-state index is 14.6. The summed E-state index contributed by atoms with van der Waals surface area (Å²) < 4.78 is 68.5. The van der Waals surface area contributed by atoms with E-state index in [2.05, 4.69) is 15.6 Å². The van der Waals surface area contributed by atoms with E-state index in [4.69, 9.17) is 26.8 Å². The van der Waals surface area contributed by atoms with Crippen LogP contribution in [0.5, 0.6) is 11.5 Å². The van der Waals surface area contributed by atoms with Gasteiger partial charge >= 0.3 is 6.18 Å². The molecule has 0 radical (unpaired) electrons. The van der Waals surface area contributed by atoms with Crippen molar-refractivity contribution in [2.24, 2.45) is 5.73 Å². The summed E-state index contributed by atoms with van der Waals surface area (Å²) in [6, 6.07) is 9.99. The van der Waals surface area contributed by atoms with Crippen LogP contribution in [0, 0.1) is 5.82 Å². The number of hydrogen-bond acceptors (Lipinski definition) is 7. The number of methoxy groups -OCH3 is 1. The molecule has 2 unspecified atom stereocenters. The van der Waals surface area contributed by atoms with E-state index in [0.29, 0.717) is 18.5 Å². The number of ether oxygens (including phenoxy) is 2. The molecule has 0 spiro atoms. The molecule has 44 heavy (non-hydrogen) atoms. The number of alkyl halides is 3. The van der Waals surface area contributed by atoms with Crippen molar-refractivity contribution >= 4 is 23.4 Å². The highest BCUT2D eigenvalue weighted by molar-refractivity contribution is 6.31. The topological polar surface area (TPSA) is 136 Å². The molecule has 9 nitrogen and oxygen atoms in total. The van der Waals surface area contributed by atoms with Gasteiger partial charge in [-0.15, -0.1) is 0 Å². The molecule has 2 amide bonds. The number of carbonyl (C=O) groups is 2. The third-order valence-electron chi connectivity index (χ3n) is 7.42. The van der Waals surface area contributed by atoms with Crippen molar-refractivity contribution in [3.8, 4) is 22.8 Å². The second-order valence-corrected chi connectivity index (χ2v) is 11.3. The molecule has 1 saturated heterocycles. The van der Waals surface area contributed by atoms with Gasteiger partial charge in [0.2, 0.25) is 5.60 Å². The number of aromatic nitrogens is 1. The van der Waals surface area contributed by atoms with Crippen molar-refractivity contribution in [1.82, 2.24) is 15.6 Å². The van der Waals surface area contributed by atoms with E-state index in [-0.39, 0.29) is 45.8 Å². The average molecular weight is 639 g/mol. The smallest absolute Gasteiger partial charge is 0.424 e. The quantitative estimate of drug-likeness (QED) is 0.244. The molecule has 236 valence electrons. The zero-order valence-corrected chi connectivity index (χ0v) is 24.8. The van der Waals surface area contributed by atoms with Crippen molar-refractivity contribution in [2.45, 2.75) is 43.6 Å². The van der Waals surface area contributed by atoms with Gasteiger partial charge in [-0.25, -0.2) is 9.37 Å². The van der Waals surface area contributed by atoms with Crippen LogP contribution in [0.4, 0.5) is 17.6 Å². The first kappa shape index (κ1) is 33.0. The molecule has 1 aliphatic heterocycles.